The number of carbonyl (C=O) groups excluding carboxylic acids is 2. The third-order valence-corrected chi connectivity index (χ3v) is 3.19. The highest BCUT2D eigenvalue weighted by Gasteiger charge is 2.39. The summed E-state index contributed by atoms with van der Waals surface area (Å²) < 4.78 is 0. The fraction of sp³-hybridized carbons (Fsp3) is 0.308. The summed E-state index contributed by atoms with van der Waals surface area (Å²) in [5.74, 6) is -1.73. The van der Waals surface area contributed by atoms with Gasteiger partial charge >= 0.3 is 12.0 Å². The quantitative estimate of drug-likeness (QED) is 0.813. The minimum Gasteiger partial charge on any atom is -0.480 e. The van der Waals surface area contributed by atoms with Crippen molar-refractivity contribution in [2.75, 3.05) is 18.5 Å². The van der Waals surface area contributed by atoms with Crippen LogP contribution in [0, 0.1) is 0 Å². The van der Waals surface area contributed by atoms with Gasteiger partial charge in [0, 0.05) is 19.2 Å². The van der Waals surface area contributed by atoms with Gasteiger partial charge in [0.05, 0.1) is 0 Å². The second-order valence-corrected chi connectivity index (χ2v) is 4.66. The number of urea groups is 1. The summed E-state index contributed by atoms with van der Waals surface area (Å²) in [4.78, 5) is 36.9. The van der Waals surface area contributed by atoms with Gasteiger partial charge in [-0.3, -0.25) is 9.69 Å². The van der Waals surface area contributed by atoms with E-state index in [4.69, 9.17) is 5.73 Å². The number of nitrogens with zero attached hydrogens (tertiary/aromatic N) is 2. The monoisotopic (exact) mass is 277 g/mol. The molecule has 0 fully saturated rings. The molecule has 0 spiro atoms. The van der Waals surface area contributed by atoms with Crippen molar-refractivity contribution in [2.45, 2.75) is 12.5 Å². The average Bonchev–Trinajstić information content (AvgIpc) is 2.76. The number of nitrogens with two attached hydrogens (primary N) is 1. The predicted molar refractivity (Wildman–Crippen MR) is 71.3 cm³/mol. The van der Waals surface area contributed by atoms with E-state index < -0.39 is 23.9 Å². The number of amides is 3. The van der Waals surface area contributed by atoms with E-state index in [2.05, 4.69) is 0 Å². The number of hydrogen-bond acceptors (Lipinski definition) is 3. The summed E-state index contributed by atoms with van der Waals surface area (Å²) in [6, 6.07) is 5.48. The molecule has 0 radical (unpaired) electrons. The summed E-state index contributed by atoms with van der Waals surface area (Å²) in [6.07, 6.45) is 0.252. The molecule has 1 unspecified atom stereocenters. The van der Waals surface area contributed by atoms with Crippen molar-refractivity contribution < 1.29 is 19.5 Å². The number of fused-ring (bicyclic) bond motifs is 1. The maximum atomic E-state index is 12.3. The van der Waals surface area contributed by atoms with Crippen LogP contribution in [0.4, 0.5) is 10.5 Å². The molecule has 1 aromatic carbocycles. The van der Waals surface area contributed by atoms with E-state index in [1.165, 1.54) is 11.9 Å². The first-order valence-corrected chi connectivity index (χ1v) is 6.05. The number of anilines is 1. The highest BCUT2D eigenvalue weighted by Crippen LogP contribution is 2.32. The standard InChI is InChI=1S/C13H15N3O4/c1-15(7-11(14)17)13(20)16-9-5-3-2-4-8(9)6-10(16)12(18)19/h2-5,10H,6-7H2,1H3,(H2,14,17)(H,18,19). The normalized spacial score (nSPS) is 16.6. The fourth-order valence-electron chi connectivity index (χ4n) is 2.31. The molecule has 106 valence electrons. The minimum atomic E-state index is -1.08. The Morgan fingerprint density at radius 1 is 1.40 bits per heavy atom. The second kappa shape index (κ2) is 5.20. The first-order chi connectivity index (χ1) is 9.41. The number of carboxylic acid groups (broad SMARTS) is 1. The lowest BCUT2D eigenvalue weighted by Gasteiger charge is -2.27. The van der Waals surface area contributed by atoms with Gasteiger partial charge in [-0.1, -0.05) is 18.2 Å². The smallest absolute Gasteiger partial charge is 0.327 e. The molecule has 3 amide bonds. The SMILES string of the molecule is CN(CC(N)=O)C(=O)N1c2ccccc2CC1C(=O)O. The molecule has 1 atom stereocenters. The molecule has 7 heteroatoms. The highest BCUT2D eigenvalue weighted by atomic mass is 16.4. The van der Waals surface area contributed by atoms with Gasteiger partial charge in [0.25, 0.3) is 0 Å². The van der Waals surface area contributed by atoms with Crippen LogP contribution in [-0.4, -0.2) is 47.5 Å². The van der Waals surface area contributed by atoms with Gasteiger partial charge in [0.2, 0.25) is 5.91 Å². The molecular weight excluding hydrogens is 262 g/mol. The van der Waals surface area contributed by atoms with Crippen LogP contribution < -0.4 is 10.6 Å². The molecule has 7 nitrogen and oxygen atoms in total. The van der Waals surface area contributed by atoms with Crippen LogP contribution in [0.15, 0.2) is 24.3 Å². The van der Waals surface area contributed by atoms with E-state index in [0.29, 0.717) is 5.69 Å². The number of para-hydroxylation sites is 1. The van der Waals surface area contributed by atoms with Gasteiger partial charge in [-0.2, -0.15) is 0 Å². The van der Waals surface area contributed by atoms with Crippen LogP contribution in [0.1, 0.15) is 5.56 Å². The van der Waals surface area contributed by atoms with Crippen LogP contribution in [0.3, 0.4) is 0 Å². The van der Waals surface area contributed by atoms with E-state index in [1.54, 1.807) is 24.3 Å². The number of aliphatic carboxylic acids is 1. The van der Waals surface area contributed by atoms with E-state index in [9.17, 15) is 19.5 Å². The molecule has 20 heavy (non-hydrogen) atoms. The molecule has 0 saturated heterocycles. The topological polar surface area (TPSA) is 104 Å². The largest absolute Gasteiger partial charge is 0.480 e. The Hall–Kier alpha value is -2.57. The molecule has 1 aliphatic heterocycles. The maximum Gasteiger partial charge on any atom is 0.327 e. The third-order valence-electron chi connectivity index (χ3n) is 3.19. The lowest BCUT2D eigenvalue weighted by molar-refractivity contribution is -0.138. The minimum absolute atomic E-state index is 0.252. The van der Waals surface area contributed by atoms with E-state index in [-0.39, 0.29) is 13.0 Å². The van der Waals surface area contributed by atoms with Gasteiger partial charge in [0.15, 0.2) is 0 Å². The number of carboxylic acids is 1. The molecule has 1 aromatic rings. The van der Waals surface area contributed by atoms with Gasteiger partial charge in [-0.15, -0.1) is 0 Å². The number of hydrogen-bond donors (Lipinski definition) is 2. The van der Waals surface area contributed by atoms with Crippen molar-refractivity contribution in [3.05, 3.63) is 29.8 Å². The first kappa shape index (κ1) is 13.9. The Morgan fingerprint density at radius 3 is 2.65 bits per heavy atom. The van der Waals surface area contributed by atoms with Crippen molar-refractivity contribution in [2.24, 2.45) is 5.73 Å². The summed E-state index contributed by atoms with van der Waals surface area (Å²) in [6.45, 7) is -0.260. The average molecular weight is 277 g/mol. The number of likely N-dealkylation sites (N-methyl/N-ethyl adjacent to an activating group) is 1. The summed E-state index contributed by atoms with van der Waals surface area (Å²) >= 11 is 0. The molecule has 1 aliphatic rings. The van der Waals surface area contributed by atoms with Crippen LogP contribution >= 0.6 is 0 Å². The Labute approximate surface area is 115 Å². The lowest BCUT2D eigenvalue weighted by Crippen LogP contribution is -2.50. The molecule has 3 N–H and O–H groups in total. The predicted octanol–water partition coefficient (Wildman–Crippen LogP) is 0.0394. The summed E-state index contributed by atoms with van der Waals surface area (Å²) in [5.41, 5.74) is 6.40. The molecule has 0 aromatic heterocycles. The van der Waals surface area contributed by atoms with E-state index >= 15 is 0 Å². The number of rotatable bonds is 3. The Balaban J connectivity index is 2.33. The number of benzene rings is 1. The molecular formula is C13H15N3O4. The second-order valence-electron chi connectivity index (χ2n) is 4.66. The molecule has 0 saturated carbocycles. The molecule has 1 heterocycles. The Morgan fingerprint density at radius 2 is 2.05 bits per heavy atom. The van der Waals surface area contributed by atoms with Crippen molar-refractivity contribution in [3.63, 3.8) is 0 Å². The lowest BCUT2D eigenvalue weighted by atomic mass is 10.1. The van der Waals surface area contributed by atoms with Crippen molar-refractivity contribution in [3.8, 4) is 0 Å². The molecule has 2 rings (SSSR count). The van der Waals surface area contributed by atoms with Crippen molar-refractivity contribution >= 4 is 23.6 Å². The Kier molecular flexibility index (Phi) is 3.60. The maximum absolute atomic E-state index is 12.3. The van der Waals surface area contributed by atoms with Crippen LogP contribution in [0.5, 0.6) is 0 Å². The third kappa shape index (κ3) is 2.42. The van der Waals surface area contributed by atoms with E-state index in [0.717, 1.165) is 10.5 Å². The number of carbonyl (C=O) groups is 3. The van der Waals surface area contributed by atoms with Gasteiger partial charge in [-0.05, 0) is 11.6 Å². The van der Waals surface area contributed by atoms with Gasteiger partial charge in [-0.25, -0.2) is 9.59 Å². The fourth-order valence-corrected chi connectivity index (χ4v) is 2.31. The zero-order valence-corrected chi connectivity index (χ0v) is 10.9. The zero-order chi connectivity index (χ0) is 14.9. The highest BCUT2D eigenvalue weighted by molar-refractivity contribution is 6.01. The van der Waals surface area contributed by atoms with Crippen molar-refractivity contribution in [1.82, 2.24) is 4.90 Å². The van der Waals surface area contributed by atoms with E-state index in [1.807, 2.05) is 0 Å². The van der Waals surface area contributed by atoms with Crippen molar-refractivity contribution in [1.29, 1.82) is 0 Å². The van der Waals surface area contributed by atoms with Crippen LogP contribution in [0.25, 0.3) is 0 Å². The Bertz CT molecular complexity index is 572. The zero-order valence-electron chi connectivity index (χ0n) is 10.9. The van der Waals surface area contributed by atoms with Crippen LogP contribution in [0.2, 0.25) is 0 Å². The number of primary amides is 1. The molecule has 0 bridgehead atoms. The first-order valence-electron chi connectivity index (χ1n) is 6.05. The van der Waals surface area contributed by atoms with Gasteiger partial charge < -0.3 is 15.7 Å². The van der Waals surface area contributed by atoms with Gasteiger partial charge in [0.1, 0.15) is 12.6 Å². The molecule has 0 aliphatic carbocycles. The summed E-state index contributed by atoms with van der Waals surface area (Å²) in [7, 11) is 1.41. The van der Waals surface area contributed by atoms with Crippen LogP contribution in [-0.2, 0) is 16.0 Å². The summed E-state index contributed by atoms with van der Waals surface area (Å²) in [5, 5.41) is 9.26.